The van der Waals surface area contributed by atoms with Gasteiger partial charge in [0.1, 0.15) is 0 Å². The summed E-state index contributed by atoms with van der Waals surface area (Å²) in [5.41, 5.74) is 0.820. The Morgan fingerprint density at radius 2 is 2.00 bits per heavy atom. The SMILES string of the molecule is CC1CCCN(CCC(=O)c2ccc(Br)cc2)C1C. The molecule has 0 radical (unpaired) electrons. The minimum Gasteiger partial charge on any atom is -0.300 e. The molecule has 1 fully saturated rings. The molecule has 0 bridgehead atoms. The number of rotatable bonds is 4. The van der Waals surface area contributed by atoms with E-state index in [1.807, 2.05) is 24.3 Å². The smallest absolute Gasteiger partial charge is 0.164 e. The van der Waals surface area contributed by atoms with Crippen LogP contribution in [0.2, 0.25) is 0 Å². The van der Waals surface area contributed by atoms with Crippen LogP contribution in [0.15, 0.2) is 28.7 Å². The van der Waals surface area contributed by atoms with Gasteiger partial charge < -0.3 is 0 Å². The molecule has 0 N–H and O–H groups in total. The van der Waals surface area contributed by atoms with Crippen LogP contribution < -0.4 is 0 Å². The van der Waals surface area contributed by atoms with Gasteiger partial charge in [0, 0.05) is 29.0 Å². The molecule has 2 nitrogen and oxygen atoms in total. The van der Waals surface area contributed by atoms with Crippen LogP contribution in [0.5, 0.6) is 0 Å². The van der Waals surface area contributed by atoms with Crippen molar-refractivity contribution in [1.82, 2.24) is 4.90 Å². The molecule has 1 aliphatic rings. The van der Waals surface area contributed by atoms with E-state index in [1.54, 1.807) is 0 Å². The number of carbonyl (C=O) groups is 1. The number of benzene rings is 1. The lowest BCUT2D eigenvalue weighted by Gasteiger charge is -2.37. The Balaban J connectivity index is 1.88. The normalized spacial score (nSPS) is 24.4. The van der Waals surface area contributed by atoms with Gasteiger partial charge in [-0.3, -0.25) is 9.69 Å². The van der Waals surface area contributed by atoms with Gasteiger partial charge in [0.2, 0.25) is 0 Å². The van der Waals surface area contributed by atoms with Gasteiger partial charge in [0.05, 0.1) is 0 Å². The Kier molecular flexibility index (Phi) is 5.17. The van der Waals surface area contributed by atoms with E-state index in [0.29, 0.717) is 12.5 Å². The molecule has 0 amide bonds. The Bertz CT molecular complexity index is 429. The molecule has 0 spiro atoms. The molecule has 1 heterocycles. The average molecular weight is 324 g/mol. The summed E-state index contributed by atoms with van der Waals surface area (Å²) < 4.78 is 1.02. The lowest BCUT2D eigenvalue weighted by Crippen LogP contribution is -2.43. The predicted molar refractivity (Wildman–Crippen MR) is 82.5 cm³/mol. The number of carbonyl (C=O) groups excluding carboxylic acids is 1. The first-order chi connectivity index (χ1) is 9.08. The Morgan fingerprint density at radius 1 is 1.32 bits per heavy atom. The van der Waals surface area contributed by atoms with E-state index in [2.05, 4.69) is 34.7 Å². The number of piperidine rings is 1. The zero-order valence-corrected chi connectivity index (χ0v) is 13.3. The van der Waals surface area contributed by atoms with Crippen molar-refractivity contribution in [2.24, 2.45) is 5.92 Å². The van der Waals surface area contributed by atoms with Crippen molar-refractivity contribution in [3.8, 4) is 0 Å². The number of hydrogen-bond donors (Lipinski definition) is 0. The molecule has 2 rings (SSSR count). The van der Waals surface area contributed by atoms with Gasteiger partial charge in [-0.25, -0.2) is 0 Å². The van der Waals surface area contributed by atoms with Crippen molar-refractivity contribution in [3.63, 3.8) is 0 Å². The van der Waals surface area contributed by atoms with Gasteiger partial charge in [0.25, 0.3) is 0 Å². The van der Waals surface area contributed by atoms with Crippen LogP contribution in [0.3, 0.4) is 0 Å². The minimum atomic E-state index is 0.248. The monoisotopic (exact) mass is 323 g/mol. The molecule has 2 unspecified atom stereocenters. The lowest BCUT2D eigenvalue weighted by molar-refractivity contribution is 0.0878. The van der Waals surface area contributed by atoms with E-state index in [4.69, 9.17) is 0 Å². The summed E-state index contributed by atoms with van der Waals surface area (Å²) in [6.45, 7) is 6.63. The fourth-order valence-corrected chi connectivity index (χ4v) is 3.03. The van der Waals surface area contributed by atoms with E-state index < -0.39 is 0 Å². The van der Waals surface area contributed by atoms with Crippen LogP contribution >= 0.6 is 15.9 Å². The zero-order valence-electron chi connectivity index (χ0n) is 11.7. The minimum absolute atomic E-state index is 0.248. The summed E-state index contributed by atoms with van der Waals surface area (Å²) in [7, 11) is 0. The van der Waals surface area contributed by atoms with Gasteiger partial charge in [-0.1, -0.05) is 35.0 Å². The summed E-state index contributed by atoms with van der Waals surface area (Å²) in [6, 6.07) is 8.26. The molecular weight excluding hydrogens is 302 g/mol. The third kappa shape index (κ3) is 3.90. The van der Waals surface area contributed by atoms with Crippen LogP contribution in [0.25, 0.3) is 0 Å². The Labute approximate surface area is 124 Å². The molecule has 104 valence electrons. The molecule has 0 aromatic heterocycles. The van der Waals surface area contributed by atoms with Crippen molar-refractivity contribution >= 4 is 21.7 Å². The molecule has 1 aromatic carbocycles. The number of nitrogens with zero attached hydrogens (tertiary/aromatic N) is 1. The molecular formula is C16H22BrNO. The first-order valence-electron chi connectivity index (χ1n) is 7.10. The first-order valence-corrected chi connectivity index (χ1v) is 7.90. The lowest BCUT2D eigenvalue weighted by atomic mass is 9.92. The van der Waals surface area contributed by atoms with Crippen molar-refractivity contribution in [2.75, 3.05) is 13.1 Å². The summed E-state index contributed by atoms with van der Waals surface area (Å²) in [6.07, 6.45) is 3.20. The Hall–Kier alpha value is -0.670. The fourth-order valence-electron chi connectivity index (χ4n) is 2.76. The van der Waals surface area contributed by atoms with Crippen LogP contribution in [-0.2, 0) is 0 Å². The van der Waals surface area contributed by atoms with E-state index in [1.165, 1.54) is 12.8 Å². The maximum atomic E-state index is 12.1. The van der Waals surface area contributed by atoms with E-state index in [9.17, 15) is 4.79 Å². The largest absolute Gasteiger partial charge is 0.300 e. The second-order valence-electron chi connectivity index (χ2n) is 5.58. The second-order valence-corrected chi connectivity index (χ2v) is 6.49. The summed E-state index contributed by atoms with van der Waals surface area (Å²) in [4.78, 5) is 14.6. The summed E-state index contributed by atoms with van der Waals surface area (Å²) in [5.74, 6) is 0.995. The molecule has 1 saturated heterocycles. The van der Waals surface area contributed by atoms with Crippen LogP contribution in [0.1, 0.15) is 43.5 Å². The van der Waals surface area contributed by atoms with Crippen molar-refractivity contribution in [1.29, 1.82) is 0 Å². The zero-order chi connectivity index (χ0) is 13.8. The number of hydrogen-bond acceptors (Lipinski definition) is 2. The van der Waals surface area contributed by atoms with Gasteiger partial charge in [-0.2, -0.15) is 0 Å². The highest BCUT2D eigenvalue weighted by Crippen LogP contribution is 2.23. The molecule has 0 saturated carbocycles. The van der Waals surface area contributed by atoms with Gasteiger partial charge in [-0.15, -0.1) is 0 Å². The number of ketones is 1. The summed E-state index contributed by atoms with van der Waals surface area (Å²) >= 11 is 3.39. The fraction of sp³-hybridized carbons (Fsp3) is 0.562. The quantitative estimate of drug-likeness (QED) is 0.776. The Morgan fingerprint density at radius 3 is 2.68 bits per heavy atom. The van der Waals surface area contributed by atoms with Crippen LogP contribution in [0.4, 0.5) is 0 Å². The average Bonchev–Trinajstić information content (AvgIpc) is 2.41. The van der Waals surface area contributed by atoms with Gasteiger partial charge in [-0.05, 0) is 44.4 Å². The van der Waals surface area contributed by atoms with Crippen molar-refractivity contribution < 1.29 is 4.79 Å². The van der Waals surface area contributed by atoms with Crippen molar-refractivity contribution in [2.45, 2.75) is 39.2 Å². The number of Topliss-reactive ketones (excluding diaryl/α,β-unsaturated/α-hetero) is 1. The number of halogens is 1. The summed E-state index contributed by atoms with van der Waals surface area (Å²) in [5, 5.41) is 0. The first kappa shape index (κ1) is 14.7. The molecule has 1 aliphatic heterocycles. The van der Waals surface area contributed by atoms with Crippen LogP contribution in [-0.4, -0.2) is 29.8 Å². The number of likely N-dealkylation sites (tertiary alicyclic amines) is 1. The third-order valence-electron chi connectivity index (χ3n) is 4.30. The van der Waals surface area contributed by atoms with E-state index >= 15 is 0 Å². The molecule has 19 heavy (non-hydrogen) atoms. The maximum Gasteiger partial charge on any atom is 0.164 e. The second kappa shape index (κ2) is 6.67. The molecule has 2 atom stereocenters. The van der Waals surface area contributed by atoms with Gasteiger partial charge in [0.15, 0.2) is 5.78 Å². The molecule has 0 aliphatic carbocycles. The molecule has 3 heteroatoms. The van der Waals surface area contributed by atoms with Crippen molar-refractivity contribution in [3.05, 3.63) is 34.3 Å². The third-order valence-corrected chi connectivity index (χ3v) is 4.83. The highest BCUT2D eigenvalue weighted by Gasteiger charge is 2.24. The van der Waals surface area contributed by atoms with E-state index in [0.717, 1.165) is 29.0 Å². The maximum absolute atomic E-state index is 12.1. The topological polar surface area (TPSA) is 20.3 Å². The predicted octanol–water partition coefficient (Wildman–Crippen LogP) is 4.14. The highest BCUT2D eigenvalue weighted by atomic mass is 79.9. The van der Waals surface area contributed by atoms with Crippen LogP contribution in [0, 0.1) is 5.92 Å². The highest BCUT2D eigenvalue weighted by molar-refractivity contribution is 9.10. The standard InChI is InChI=1S/C16H22BrNO/c1-12-4-3-10-18(13(12)2)11-9-16(19)14-5-7-15(17)8-6-14/h5-8,12-13H,3-4,9-11H2,1-2H3. The van der Waals surface area contributed by atoms with Gasteiger partial charge >= 0.3 is 0 Å². The molecule has 1 aromatic rings. The van der Waals surface area contributed by atoms with E-state index in [-0.39, 0.29) is 5.78 Å².